The van der Waals surface area contributed by atoms with E-state index in [1.54, 1.807) is 47.8 Å². The monoisotopic (exact) mass is 642 g/mol. The highest BCUT2D eigenvalue weighted by Crippen LogP contribution is 2.37. The van der Waals surface area contributed by atoms with Crippen LogP contribution in [0.2, 0.25) is 0 Å². The largest absolute Gasteiger partial charge is 0.508 e. The minimum atomic E-state index is -0.468. The molecule has 7 heteroatoms. The Morgan fingerprint density at radius 1 is 0.511 bits per heavy atom. The highest BCUT2D eigenvalue weighted by atomic mass is 32.2. The summed E-state index contributed by atoms with van der Waals surface area (Å²) in [6, 6.07) is 45.8. The molecule has 1 aromatic heterocycles. The third-order valence-corrected chi connectivity index (χ3v) is 11.8. The van der Waals surface area contributed by atoms with Crippen LogP contribution in [0.5, 0.6) is 11.5 Å². The summed E-state index contributed by atoms with van der Waals surface area (Å²) in [6.07, 6.45) is 0. The van der Waals surface area contributed by atoms with E-state index in [9.17, 15) is 15.0 Å². The number of rotatable bonds is 7. The van der Waals surface area contributed by atoms with Gasteiger partial charge in [0.15, 0.2) is 20.1 Å². The predicted molar refractivity (Wildman–Crippen MR) is 186 cm³/mol. The molecule has 2 N–H and O–H groups in total. The molecule has 0 atom stereocenters. The molecule has 0 unspecified atom stereocenters. The number of aryl methyl sites for hydroxylation is 1. The average Bonchev–Trinajstić information content (AvgIpc) is 3.07. The maximum atomic E-state index is 13.7. The Balaban J connectivity index is 1.29. The van der Waals surface area contributed by atoms with Crippen molar-refractivity contribution in [2.75, 3.05) is 0 Å². The molecule has 0 radical (unpaired) electrons. The summed E-state index contributed by atoms with van der Waals surface area (Å²) in [5.74, 6) is 0.508. The van der Waals surface area contributed by atoms with Gasteiger partial charge in [-0.1, -0.05) is 35.7 Å². The number of nitrogens with zero attached hydrogens (tertiary/aromatic N) is 1. The van der Waals surface area contributed by atoms with Crippen LogP contribution >= 0.6 is 23.5 Å². The van der Waals surface area contributed by atoms with Crippen molar-refractivity contribution in [2.24, 2.45) is 7.05 Å². The first-order valence-corrected chi connectivity index (χ1v) is 17.2. The number of benzene rings is 6. The Morgan fingerprint density at radius 3 is 1.44 bits per heavy atom. The highest BCUT2D eigenvalue weighted by molar-refractivity contribution is 7.99. The summed E-state index contributed by atoms with van der Waals surface area (Å²) >= 11 is 3.30. The van der Waals surface area contributed by atoms with Crippen LogP contribution < -0.4 is 5.43 Å². The lowest BCUT2D eigenvalue weighted by Gasteiger charge is -2.13. The van der Waals surface area contributed by atoms with E-state index in [0.29, 0.717) is 5.39 Å². The Morgan fingerprint density at radius 2 is 0.933 bits per heavy atom. The number of hydrogen-bond acceptors (Lipinski definition) is 5. The van der Waals surface area contributed by atoms with Crippen LogP contribution in [0.1, 0.15) is 0 Å². The number of hydrogen-bond donors (Lipinski definition) is 2. The molecule has 7 aromatic rings. The van der Waals surface area contributed by atoms with Crippen molar-refractivity contribution in [1.82, 2.24) is 4.57 Å². The van der Waals surface area contributed by atoms with E-state index in [0.717, 1.165) is 50.7 Å². The molecule has 0 saturated heterocycles. The fourth-order valence-electron chi connectivity index (χ4n) is 5.35. The minimum Gasteiger partial charge on any atom is -0.508 e. The first kappa shape index (κ1) is 29.2. The van der Waals surface area contributed by atoms with Gasteiger partial charge in [-0.05, 0) is 121 Å². The van der Waals surface area contributed by atoms with Gasteiger partial charge in [-0.2, -0.15) is 0 Å². The Hall–Kier alpha value is -4.56. The molecule has 0 spiro atoms. The number of para-hydroxylation sites is 1. The van der Waals surface area contributed by atoms with Gasteiger partial charge in [-0.15, -0.1) is 0 Å². The van der Waals surface area contributed by atoms with Gasteiger partial charge >= 0.3 is 0 Å². The normalized spacial score (nSPS) is 11.4. The van der Waals surface area contributed by atoms with Crippen LogP contribution in [-0.2, 0) is 17.9 Å². The van der Waals surface area contributed by atoms with E-state index in [1.807, 2.05) is 55.6 Å². The molecule has 0 fully saturated rings. The van der Waals surface area contributed by atoms with E-state index in [1.165, 1.54) is 0 Å². The lowest BCUT2D eigenvalue weighted by atomic mass is 10.1. The summed E-state index contributed by atoms with van der Waals surface area (Å²) < 4.78 is 2.10. The first-order valence-electron chi connectivity index (χ1n) is 14.3. The molecule has 1 heterocycles. The number of phenols is 2. The lowest BCUT2D eigenvalue weighted by Crippen LogP contribution is -2.11. The van der Waals surface area contributed by atoms with Crippen LogP contribution in [0, 0.1) is 0 Å². The Bertz CT molecular complexity index is 2100. The van der Waals surface area contributed by atoms with E-state index in [-0.39, 0.29) is 16.9 Å². The van der Waals surface area contributed by atoms with Gasteiger partial charge < -0.3 is 14.8 Å². The molecule has 0 saturated carbocycles. The van der Waals surface area contributed by atoms with E-state index in [4.69, 9.17) is 0 Å². The molecule has 6 aromatic carbocycles. The number of fused-ring (bicyclic) bond motifs is 2. The van der Waals surface area contributed by atoms with Gasteiger partial charge in [0.1, 0.15) is 11.5 Å². The summed E-state index contributed by atoms with van der Waals surface area (Å²) in [5, 5.41) is 20.7. The second-order valence-electron chi connectivity index (χ2n) is 10.5. The molecular formula is C38H28NO3S3+. The van der Waals surface area contributed by atoms with Crippen molar-refractivity contribution in [3.63, 3.8) is 0 Å². The quantitative estimate of drug-likeness (QED) is 0.134. The molecule has 0 aliphatic rings. The zero-order chi connectivity index (χ0) is 30.9. The summed E-state index contributed by atoms with van der Waals surface area (Å²) in [4.78, 5) is 21.4. The average molecular weight is 643 g/mol. The number of phenolic OH excluding ortho intramolecular Hbond substituents is 2. The first-order chi connectivity index (χ1) is 21.9. The molecule has 0 aliphatic heterocycles. The van der Waals surface area contributed by atoms with Crippen molar-refractivity contribution < 1.29 is 10.2 Å². The standard InChI is InChI=1S/C38H27NO3S3/c1-39-36-5-3-2-4-34(36)38(42)35-24-33(22-23-37(35)39)45(31-18-14-29(15-19-31)43-27-10-6-25(40)7-11-27)32-20-16-30(17-21-32)44-28-12-8-26(41)9-13-28/h2-24H,1H3,(H-,40,41)/p+1. The van der Waals surface area contributed by atoms with Crippen molar-refractivity contribution >= 4 is 56.2 Å². The Labute approximate surface area is 272 Å². The predicted octanol–water partition coefficient (Wildman–Crippen LogP) is 9.50. The third kappa shape index (κ3) is 6.07. The highest BCUT2D eigenvalue weighted by Gasteiger charge is 2.30. The molecule has 7 rings (SSSR count). The van der Waals surface area contributed by atoms with Crippen molar-refractivity contribution in [1.29, 1.82) is 0 Å². The topological polar surface area (TPSA) is 62.5 Å². The molecule has 4 nitrogen and oxygen atoms in total. The van der Waals surface area contributed by atoms with Crippen molar-refractivity contribution in [3.05, 3.63) is 150 Å². The zero-order valence-corrected chi connectivity index (χ0v) is 26.7. The van der Waals surface area contributed by atoms with Gasteiger partial charge in [-0.25, -0.2) is 0 Å². The van der Waals surface area contributed by atoms with Crippen molar-refractivity contribution in [2.45, 2.75) is 34.3 Å². The molecule has 0 aliphatic carbocycles. The van der Waals surface area contributed by atoms with Crippen molar-refractivity contribution in [3.8, 4) is 11.5 Å². The van der Waals surface area contributed by atoms with E-state index in [2.05, 4.69) is 71.3 Å². The van der Waals surface area contributed by atoms with Gasteiger partial charge in [0, 0.05) is 38.1 Å². The van der Waals surface area contributed by atoms with E-state index < -0.39 is 10.9 Å². The minimum absolute atomic E-state index is 0.0467. The van der Waals surface area contributed by atoms with E-state index >= 15 is 0 Å². The fraction of sp³-hybridized carbons (Fsp3) is 0.0263. The van der Waals surface area contributed by atoms with Crippen LogP contribution in [-0.4, -0.2) is 14.8 Å². The van der Waals surface area contributed by atoms with Gasteiger partial charge in [0.2, 0.25) is 0 Å². The second kappa shape index (κ2) is 12.4. The van der Waals surface area contributed by atoms with Gasteiger partial charge in [-0.3, -0.25) is 4.79 Å². The smallest absolute Gasteiger partial charge is 0.197 e. The fourth-order valence-corrected chi connectivity index (χ4v) is 9.05. The second-order valence-corrected chi connectivity index (χ2v) is 14.8. The SMILES string of the molecule is Cn1c2ccccc2c(=O)c2cc([S+](c3ccc(Sc4ccc(O)cc4)cc3)c3ccc(Sc4ccc(O)cc4)cc3)ccc21. The zero-order valence-electron chi connectivity index (χ0n) is 24.3. The Kier molecular flexibility index (Phi) is 8.06. The van der Waals surface area contributed by atoms with Gasteiger partial charge in [0.05, 0.1) is 27.3 Å². The number of aromatic nitrogens is 1. The molecular weight excluding hydrogens is 615 g/mol. The van der Waals surface area contributed by atoms with Crippen LogP contribution in [0.25, 0.3) is 21.8 Å². The summed E-state index contributed by atoms with van der Waals surface area (Å²) in [6.45, 7) is 0. The van der Waals surface area contributed by atoms with Crippen LogP contribution in [0.3, 0.4) is 0 Å². The molecule has 220 valence electrons. The third-order valence-electron chi connectivity index (χ3n) is 7.58. The lowest BCUT2D eigenvalue weighted by molar-refractivity contribution is 0.474. The van der Waals surface area contributed by atoms with Crippen LogP contribution in [0.4, 0.5) is 0 Å². The van der Waals surface area contributed by atoms with Crippen LogP contribution in [0.15, 0.2) is 179 Å². The maximum absolute atomic E-state index is 13.7. The molecule has 45 heavy (non-hydrogen) atoms. The molecule has 0 bridgehead atoms. The number of aromatic hydroxyl groups is 2. The summed E-state index contributed by atoms with van der Waals surface area (Å²) in [7, 11) is 1.54. The van der Waals surface area contributed by atoms with Gasteiger partial charge in [0.25, 0.3) is 0 Å². The maximum Gasteiger partial charge on any atom is 0.197 e. The summed E-state index contributed by atoms with van der Waals surface area (Å²) in [5.41, 5.74) is 1.88. The molecule has 0 amide bonds. The number of pyridine rings is 1.